The number of rotatable bonds is 2. The van der Waals surface area contributed by atoms with Crippen LogP contribution >= 0.6 is 11.6 Å². The minimum atomic E-state index is -0.286. The van der Waals surface area contributed by atoms with Crippen molar-refractivity contribution in [2.24, 2.45) is 0 Å². The van der Waals surface area contributed by atoms with Crippen molar-refractivity contribution < 1.29 is 9.59 Å². The van der Waals surface area contributed by atoms with Gasteiger partial charge in [-0.3, -0.25) is 14.5 Å². The Morgan fingerprint density at radius 1 is 0.895 bits per heavy atom. The van der Waals surface area contributed by atoms with Crippen LogP contribution in [0.15, 0.2) is 48.5 Å². The molecule has 1 heterocycles. The van der Waals surface area contributed by atoms with Crippen LogP contribution in [0.3, 0.4) is 0 Å². The van der Waals surface area contributed by atoms with E-state index in [4.69, 9.17) is 11.6 Å². The Hall–Kier alpha value is -2.13. The molecule has 0 saturated carbocycles. The Morgan fingerprint density at radius 2 is 1.58 bits per heavy atom. The Balaban J connectivity index is 1.95. The molecule has 2 aromatic carbocycles. The average molecular weight is 272 g/mol. The molecular weight excluding hydrogens is 262 g/mol. The van der Waals surface area contributed by atoms with Gasteiger partial charge in [0.1, 0.15) is 0 Å². The predicted octanol–water partition coefficient (Wildman–Crippen LogP) is 3.14. The van der Waals surface area contributed by atoms with Crippen LogP contribution in [0, 0.1) is 0 Å². The summed E-state index contributed by atoms with van der Waals surface area (Å²) in [4.78, 5) is 25.6. The summed E-state index contributed by atoms with van der Waals surface area (Å²) in [5.74, 6) is -0.549. The van der Waals surface area contributed by atoms with Gasteiger partial charge in [0.2, 0.25) is 0 Å². The van der Waals surface area contributed by atoms with Gasteiger partial charge >= 0.3 is 0 Å². The molecular formula is C15H10ClNO2. The number of carbonyl (C=O) groups is 2. The van der Waals surface area contributed by atoms with Crippen LogP contribution < -0.4 is 0 Å². The fraction of sp³-hybridized carbons (Fsp3) is 0.0667. The highest BCUT2D eigenvalue weighted by molar-refractivity contribution is 6.32. The summed E-state index contributed by atoms with van der Waals surface area (Å²) in [6, 6.07) is 14.2. The normalized spacial score (nSPS) is 13.8. The summed E-state index contributed by atoms with van der Waals surface area (Å²) in [6.45, 7) is 0.283. The molecule has 94 valence electrons. The summed E-state index contributed by atoms with van der Waals surface area (Å²) in [5, 5.41) is 0.460. The van der Waals surface area contributed by atoms with Crippen LogP contribution in [-0.2, 0) is 6.54 Å². The SMILES string of the molecule is O=C1c2ccc(Cl)cc2C(=O)N1Cc1ccccc1. The number of amides is 2. The molecule has 19 heavy (non-hydrogen) atoms. The minimum absolute atomic E-state index is 0.263. The molecule has 0 bridgehead atoms. The molecule has 1 aliphatic heterocycles. The van der Waals surface area contributed by atoms with Crippen molar-refractivity contribution in [3.63, 3.8) is 0 Å². The predicted molar refractivity (Wildman–Crippen MR) is 72.1 cm³/mol. The first-order valence-corrected chi connectivity index (χ1v) is 6.24. The molecule has 2 aromatic rings. The third-order valence-corrected chi connectivity index (χ3v) is 3.35. The van der Waals surface area contributed by atoms with Crippen LogP contribution in [0.4, 0.5) is 0 Å². The van der Waals surface area contributed by atoms with Crippen molar-refractivity contribution in [3.05, 3.63) is 70.2 Å². The van der Waals surface area contributed by atoms with Crippen LogP contribution in [0.5, 0.6) is 0 Å². The molecule has 3 rings (SSSR count). The van der Waals surface area contributed by atoms with Crippen LogP contribution in [-0.4, -0.2) is 16.7 Å². The van der Waals surface area contributed by atoms with Crippen molar-refractivity contribution in [2.75, 3.05) is 0 Å². The van der Waals surface area contributed by atoms with Gasteiger partial charge in [-0.2, -0.15) is 0 Å². The van der Waals surface area contributed by atoms with E-state index in [0.29, 0.717) is 16.1 Å². The monoisotopic (exact) mass is 271 g/mol. The Kier molecular flexibility index (Phi) is 2.84. The molecule has 0 unspecified atom stereocenters. The van der Waals surface area contributed by atoms with Crippen molar-refractivity contribution in [3.8, 4) is 0 Å². The van der Waals surface area contributed by atoms with E-state index in [0.717, 1.165) is 5.56 Å². The highest BCUT2D eigenvalue weighted by atomic mass is 35.5. The number of halogens is 1. The zero-order valence-corrected chi connectivity index (χ0v) is 10.7. The van der Waals surface area contributed by atoms with E-state index in [-0.39, 0.29) is 18.4 Å². The second-order valence-corrected chi connectivity index (χ2v) is 4.81. The van der Waals surface area contributed by atoms with E-state index in [1.807, 2.05) is 30.3 Å². The number of nitrogens with zero attached hydrogens (tertiary/aromatic N) is 1. The maximum absolute atomic E-state index is 12.2. The van der Waals surface area contributed by atoms with Gasteiger partial charge in [-0.25, -0.2) is 0 Å². The summed E-state index contributed by atoms with van der Waals surface area (Å²) >= 11 is 5.86. The fourth-order valence-corrected chi connectivity index (χ4v) is 2.34. The molecule has 4 heteroatoms. The molecule has 0 saturated heterocycles. The maximum Gasteiger partial charge on any atom is 0.261 e. The standard InChI is InChI=1S/C15H10ClNO2/c16-11-6-7-12-13(8-11)15(19)17(14(12)18)9-10-4-2-1-3-5-10/h1-8H,9H2. The minimum Gasteiger partial charge on any atom is -0.270 e. The van der Waals surface area contributed by atoms with E-state index in [1.54, 1.807) is 18.2 Å². The zero-order valence-electron chi connectivity index (χ0n) is 9.97. The molecule has 0 spiro atoms. The number of carbonyl (C=O) groups excluding carboxylic acids is 2. The van der Waals surface area contributed by atoms with Gasteiger partial charge in [0, 0.05) is 5.02 Å². The van der Waals surface area contributed by atoms with E-state index in [1.165, 1.54) is 4.90 Å². The zero-order chi connectivity index (χ0) is 13.4. The maximum atomic E-state index is 12.2. The number of fused-ring (bicyclic) bond motifs is 1. The number of hydrogen-bond donors (Lipinski definition) is 0. The third-order valence-electron chi connectivity index (χ3n) is 3.12. The fourth-order valence-electron chi connectivity index (χ4n) is 2.17. The van der Waals surface area contributed by atoms with E-state index < -0.39 is 0 Å². The largest absolute Gasteiger partial charge is 0.270 e. The van der Waals surface area contributed by atoms with Gasteiger partial charge in [0.15, 0.2) is 0 Å². The van der Waals surface area contributed by atoms with Gasteiger partial charge < -0.3 is 0 Å². The van der Waals surface area contributed by atoms with Gasteiger partial charge in [-0.1, -0.05) is 41.9 Å². The number of imide groups is 1. The Labute approximate surface area is 115 Å². The quantitative estimate of drug-likeness (QED) is 0.787. The van der Waals surface area contributed by atoms with Gasteiger partial charge in [-0.05, 0) is 23.8 Å². The van der Waals surface area contributed by atoms with Crippen molar-refractivity contribution in [1.82, 2.24) is 4.90 Å². The van der Waals surface area contributed by atoms with Crippen LogP contribution in [0.1, 0.15) is 26.3 Å². The number of hydrogen-bond acceptors (Lipinski definition) is 2. The molecule has 0 N–H and O–H groups in total. The first-order chi connectivity index (χ1) is 9.16. The Bertz CT molecular complexity index is 667. The van der Waals surface area contributed by atoms with Gasteiger partial charge in [0.25, 0.3) is 11.8 Å². The van der Waals surface area contributed by atoms with Gasteiger partial charge in [-0.15, -0.1) is 0 Å². The highest BCUT2D eigenvalue weighted by Gasteiger charge is 2.35. The smallest absolute Gasteiger partial charge is 0.261 e. The third kappa shape index (κ3) is 2.02. The summed E-state index contributed by atoms with van der Waals surface area (Å²) < 4.78 is 0. The molecule has 0 aromatic heterocycles. The summed E-state index contributed by atoms with van der Waals surface area (Å²) in [7, 11) is 0. The first kappa shape index (κ1) is 11.9. The van der Waals surface area contributed by atoms with E-state index >= 15 is 0 Å². The highest BCUT2D eigenvalue weighted by Crippen LogP contribution is 2.26. The van der Waals surface area contributed by atoms with E-state index in [2.05, 4.69) is 0 Å². The lowest BCUT2D eigenvalue weighted by atomic mass is 10.1. The summed E-state index contributed by atoms with van der Waals surface area (Å²) in [5.41, 5.74) is 1.72. The molecule has 2 amide bonds. The van der Waals surface area contributed by atoms with Gasteiger partial charge in [0.05, 0.1) is 17.7 Å². The molecule has 0 fully saturated rings. The first-order valence-electron chi connectivity index (χ1n) is 5.86. The van der Waals surface area contributed by atoms with Crippen LogP contribution in [0.25, 0.3) is 0 Å². The summed E-state index contributed by atoms with van der Waals surface area (Å²) in [6.07, 6.45) is 0. The average Bonchev–Trinajstić information content (AvgIpc) is 2.65. The lowest BCUT2D eigenvalue weighted by molar-refractivity contribution is 0.0642. The van der Waals surface area contributed by atoms with Crippen molar-refractivity contribution in [1.29, 1.82) is 0 Å². The lowest BCUT2D eigenvalue weighted by Crippen LogP contribution is -2.29. The molecule has 0 atom stereocenters. The second kappa shape index (κ2) is 4.52. The van der Waals surface area contributed by atoms with Crippen molar-refractivity contribution >= 4 is 23.4 Å². The lowest BCUT2D eigenvalue weighted by Gasteiger charge is -2.13. The topological polar surface area (TPSA) is 37.4 Å². The molecule has 3 nitrogen and oxygen atoms in total. The molecule has 1 aliphatic rings. The Morgan fingerprint density at radius 3 is 2.32 bits per heavy atom. The van der Waals surface area contributed by atoms with E-state index in [9.17, 15) is 9.59 Å². The molecule has 0 aliphatic carbocycles. The van der Waals surface area contributed by atoms with Crippen molar-refractivity contribution in [2.45, 2.75) is 6.54 Å². The number of benzene rings is 2. The molecule has 0 radical (unpaired) electrons. The second-order valence-electron chi connectivity index (χ2n) is 4.37. The van der Waals surface area contributed by atoms with Crippen LogP contribution in [0.2, 0.25) is 5.02 Å².